The Kier molecular flexibility index (Phi) is 4.11. The maximum Gasteiger partial charge on any atom is 0.248 e. The molecule has 0 unspecified atom stereocenters. The zero-order valence-electron chi connectivity index (χ0n) is 7.66. The Hall–Kier alpha value is -0.570. The molecule has 0 aromatic heterocycles. The molecular weight excluding hydrogens is 142 g/mol. The SMILES string of the molecule is CC(C)[C@@H](C)N(C)C(=O)CO. The molecule has 0 saturated heterocycles. The van der Waals surface area contributed by atoms with Crippen LogP contribution in [-0.2, 0) is 4.79 Å². The van der Waals surface area contributed by atoms with E-state index in [1.54, 1.807) is 11.9 Å². The van der Waals surface area contributed by atoms with E-state index >= 15 is 0 Å². The van der Waals surface area contributed by atoms with Crippen LogP contribution in [0.1, 0.15) is 20.8 Å². The van der Waals surface area contributed by atoms with Gasteiger partial charge in [-0.05, 0) is 12.8 Å². The summed E-state index contributed by atoms with van der Waals surface area (Å²) in [6.45, 7) is 5.67. The zero-order chi connectivity index (χ0) is 9.02. The van der Waals surface area contributed by atoms with Crippen LogP contribution in [0.4, 0.5) is 0 Å². The van der Waals surface area contributed by atoms with Gasteiger partial charge >= 0.3 is 0 Å². The van der Waals surface area contributed by atoms with Crippen molar-refractivity contribution in [3.8, 4) is 0 Å². The molecule has 0 aromatic carbocycles. The van der Waals surface area contributed by atoms with Crippen molar-refractivity contribution in [3.05, 3.63) is 0 Å². The minimum absolute atomic E-state index is 0.189. The second-order valence-corrected chi connectivity index (χ2v) is 3.15. The van der Waals surface area contributed by atoms with Crippen LogP contribution in [0.15, 0.2) is 0 Å². The van der Waals surface area contributed by atoms with E-state index < -0.39 is 6.61 Å². The Morgan fingerprint density at radius 1 is 1.45 bits per heavy atom. The van der Waals surface area contributed by atoms with Gasteiger partial charge in [0.05, 0.1) is 0 Å². The number of rotatable bonds is 3. The van der Waals surface area contributed by atoms with Crippen LogP contribution in [0.25, 0.3) is 0 Å². The molecule has 1 amide bonds. The zero-order valence-corrected chi connectivity index (χ0v) is 7.66. The summed E-state index contributed by atoms with van der Waals surface area (Å²) in [5.74, 6) is 0.210. The predicted octanol–water partition coefficient (Wildman–Crippen LogP) is 0.482. The number of aliphatic hydroxyl groups is 1. The Bertz CT molecular complexity index is 134. The number of hydrogen-bond acceptors (Lipinski definition) is 2. The van der Waals surface area contributed by atoms with Crippen molar-refractivity contribution in [2.75, 3.05) is 13.7 Å². The van der Waals surface area contributed by atoms with Crippen LogP contribution < -0.4 is 0 Å². The topological polar surface area (TPSA) is 40.5 Å². The van der Waals surface area contributed by atoms with E-state index in [-0.39, 0.29) is 11.9 Å². The molecule has 0 heterocycles. The third-order valence-electron chi connectivity index (χ3n) is 2.10. The lowest BCUT2D eigenvalue weighted by Crippen LogP contribution is -2.39. The molecule has 1 N–H and O–H groups in total. The standard InChI is InChI=1S/C8H17NO2/c1-6(2)7(3)9(4)8(11)5-10/h6-7,10H,5H2,1-4H3/t7-/m1/s1. The van der Waals surface area contributed by atoms with E-state index in [4.69, 9.17) is 5.11 Å². The average molecular weight is 159 g/mol. The second kappa shape index (κ2) is 4.34. The molecule has 0 aliphatic carbocycles. The van der Waals surface area contributed by atoms with Gasteiger partial charge in [0.2, 0.25) is 5.91 Å². The summed E-state index contributed by atoms with van der Waals surface area (Å²) in [7, 11) is 1.71. The molecule has 0 fully saturated rings. The highest BCUT2D eigenvalue weighted by Crippen LogP contribution is 2.07. The van der Waals surface area contributed by atoms with Crippen LogP contribution in [0.2, 0.25) is 0 Å². The van der Waals surface area contributed by atoms with E-state index in [0.29, 0.717) is 5.92 Å². The van der Waals surface area contributed by atoms with Crippen molar-refractivity contribution in [1.29, 1.82) is 0 Å². The first-order valence-corrected chi connectivity index (χ1v) is 3.87. The van der Waals surface area contributed by atoms with Gasteiger partial charge in [-0.15, -0.1) is 0 Å². The monoisotopic (exact) mass is 159 g/mol. The number of amides is 1. The van der Waals surface area contributed by atoms with Gasteiger partial charge in [0.15, 0.2) is 0 Å². The highest BCUT2D eigenvalue weighted by atomic mass is 16.3. The fraction of sp³-hybridized carbons (Fsp3) is 0.875. The smallest absolute Gasteiger partial charge is 0.248 e. The molecule has 3 heteroatoms. The molecular formula is C8H17NO2. The first-order valence-electron chi connectivity index (χ1n) is 3.87. The Morgan fingerprint density at radius 2 is 1.91 bits per heavy atom. The van der Waals surface area contributed by atoms with Crippen molar-refractivity contribution < 1.29 is 9.90 Å². The molecule has 3 nitrogen and oxygen atoms in total. The van der Waals surface area contributed by atoms with Gasteiger partial charge in [0.1, 0.15) is 6.61 Å². The molecule has 0 saturated carbocycles. The van der Waals surface area contributed by atoms with Gasteiger partial charge < -0.3 is 10.0 Å². The first kappa shape index (κ1) is 10.4. The van der Waals surface area contributed by atoms with E-state index in [0.717, 1.165) is 0 Å². The van der Waals surface area contributed by atoms with Crippen LogP contribution >= 0.6 is 0 Å². The molecule has 1 atom stereocenters. The summed E-state index contributed by atoms with van der Waals surface area (Å²) >= 11 is 0. The molecule has 66 valence electrons. The summed E-state index contributed by atoms with van der Waals surface area (Å²) in [6.07, 6.45) is 0. The van der Waals surface area contributed by atoms with E-state index in [1.807, 2.05) is 20.8 Å². The Labute approximate surface area is 68.0 Å². The quantitative estimate of drug-likeness (QED) is 0.650. The molecule has 0 aromatic rings. The number of likely N-dealkylation sites (N-methyl/N-ethyl adjacent to an activating group) is 1. The van der Waals surface area contributed by atoms with Crippen LogP contribution in [0.5, 0.6) is 0 Å². The summed E-state index contributed by atoms with van der Waals surface area (Å²) in [4.78, 5) is 12.5. The molecule has 0 aliphatic heterocycles. The fourth-order valence-electron chi connectivity index (χ4n) is 0.786. The lowest BCUT2D eigenvalue weighted by Gasteiger charge is -2.27. The predicted molar refractivity (Wildman–Crippen MR) is 44.2 cm³/mol. The van der Waals surface area contributed by atoms with Gasteiger partial charge in [-0.25, -0.2) is 0 Å². The minimum atomic E-state index is -0.395. The average Bonchev–Trinajstić information content (AvgIpc) is 2.00. The largest absolute Gasteiger partial charge is 0.387 e. The van der Waals surface area contributed by atoms with Gasteiger partial charge in [-0.2, -0.15) is 0 Å². The number of aliphatic hydroxyl groups excluding tert-OH is 1. The van der Waals surface area contributed by atoms with Gasteiger partial charge in [-0.3, -0.25) is 4.79 Å². The third kappa shape index (κ3) is 2.89. The number of carbonyl (C=O) groups is 1. The van der Waals surface area contributed by atoms with Gasteiger partial charge in [0.25, 0.3) is 0 Å². The lowest BCUT2D eigenvalue weighted by molar-refractivity contribution is -0.135. The second-order valence-electron chi connectivity index (χ2n) is 3.15. The van der Waals surface area contributed by atoms with Crippen molar-refractivity contribution >= 4 is 5.91 Å². The fourth-order valence-corrected chi connectivity index (χ4v) is 0.786. The van der Waals surface area contributed by atoms with Crippen LogP contribution in [-0.4, -0.2) is 35.6 Å². The van der Waals surface area contributed by atoms with Crippen molar-refractivity contribution in [2.45, 2.75) is 26.8 Å². The highest BCUT2D eigenvalue weighted by molar-refractivity contribution is 5.77. The summed E-state index contributed by atoms with van der Waals surface area (Å²) in [6, 6.07) is 0.189. The molecule has 0 spiro atoms. The van der Waals surface area contributed by atoms with Gasteiger partial charge in [0, 0.05) is 13.1 Å². The maximum atomic E-state index is 10.9. The van der Waals surface area contributed by atoms with Crippen LogP contribution in [0.3, 0.4) is 0 Å². The van der Waals surface area contributed by atoms with Crippen molar-refractivity contribution in [2.24, 2.45) is 5.92 Å². The number of carbonyl (C=O) groups excluding carboxylic acids is 1. The van der Waals surface area contributed by atoms with Crippen molar-refractivity contribution in [3.63, 3.8) is 0 Å². The maximum absolute atomic E-state index is 10.9. The lowest BCUT2D eigenvalue weighted by atomic mass is 10.1. The first-order chi connectivity index (χ1) is 5.00. The van der Waals surface area contributed by atoms with E-state index in [1.165, 1.54) is 0 Å². The summed E-state index contributed by atoms with van der Waals surface area (Å²) in [5, 5.41) is 8.54. The molecule has 0 aliphatic rings. The summed E-state index contributed by atoms with van der Waals surface area (Å²) in [5.41, 5.74) is 0. The Morgan fingerprint density at radius 3 is 2.18 bits per heavy atom. The van der Waals surface area contributed by atoms with E-state index in [9.17, 15) is 4.79 Å². The van der Waals surface area contributed by atoms with Gasteiger partial charge in [-0.1, -0.05) is 13.8 Å². The Balaban J connectivity index is 4.01. The minimum Gasteiger partial charge on any atom is -0.387 e. The normalized spacial score (nSPS) is 13.3. The third-order valence-corrected chi connectivity index (χ3v) is 2.10. The number of hydrogen-bond donors (Lipinski definition) is 1. The number of nitrogens with zero attached hydrogens (tertiary/aromatic N) is 1. The van der Waals surface area contributed by atoms with E-state index in [2.05, 4.69) is 0 Å². The molecule has 0 bridgehead atoms. The molecule has 11 heavy (non-hydrogen) atoms. The van der Waals surface area contributed by atoms with Crippen molar-refractivity contribution in [1.82, 2.24) is 4.90 Å². The molecule has 0 radical (unpaired) electrons. The van der Waals surface area contributed by atoms with Crippen LogP contribution in [0, 0.1) is 5.92 Å². The molecule has 0 rings (SSSR count). The summed E-state index contributed by atoms with van der Waals surface area (Å²) < 4.78 is 0. The highest BCUT2D eigenvalue weighted by Gasteiger charge is 2.16.